The van der Waals surface area contributed by atoms with Crippen molar-refractivity contribution in [3.05, 3.63) is 56.5 Å². The fourth-order valence-corrected chi connectivity index (χ4v) is 7.03. The van der Waals surface area contributed by atoms with Gasteiger partial charge in [0.1, 0.15) is 10.0 Å². The second-order valence-corrected chi connectivity index (χ2v) is 10.9. The predicted octanol–water partition coefficient (Wildman–Crippen LogP) is 4.51. The van der Waals surface area contributed by atoms with Crippen LogP contribution in [-0.4, -0.2) is 59.3 Å². The minimum absolute atomic E-state index is 0.186. The largest absolute Gasteiger partial charge is 0.344 e. The number of urea groups is 1. The number of hydrogen-bond donors (Lipinski definition) is 2. The van der Waals surface area contributed by atoms with E-state index in [9.17, 15) is 14.4 Å². The van der Waals surface area contributed by atoms with Crippen LogP contribution in [0, 0.1) is 6.92 Å². The number of anilines is 1. The number of aromatic nitrogens is 1. The Kier molecular flexibility index (Phi) is 7.44. The molecule has 4 heterocycles. The zero-order valence-corrected chi connectivity index (χ0v) is 22.4. The van der Waals surface area contributed by atoms with Crippen molar-refractivity contribution < 1.29 is 14.4 Å². The highest BCUT2D eigenvalue weighted by molar-refractivity contribution is 7.18. The van der Waals surface area contributed by atoms with Gasteiger partial charge in [0.05, 0.1) is 10.4 Å². The van der Waals surface area contributed by atoms with Gasteiger partial charge in [0.25, 0.3) is 5.91 Å². The van der Waals surface area contributed by atoms with E-state index in [0.717, 1.165) is 48.0 Å². The SMILES string of the molecule is CCN1CCc2c(sc(-n3cccc3)c2CNC(=O)Nc2sc(C(=O)N(C)C)c(C)c2C(C)=O)C1. The molecule has 10 heteroatoms. The number of likely N-dealkylation sites (N-methyl/N-ethyl adjacent to an activating group) is 1. The van der Waals surface area contributed by atoms with Gasteiger partial charge >= 0.3 is 6.03 Å². The number of Topliss-reactive ketones (excluding diaryl/α,β-unsaturated/α-hetero) is 1. The maximum Gasteiger partial charge on any atom is 0.320 e. The third-order valence-corrected chi connectivity index (χ3v) is 8.73. The summed E-state index contributed by atoms with van der Waals surface area (Å²) < 4.78 is 2.10. The minimum Gasteiger partial charge on any atom is -0.344 e. The van der Waals surface area contributed by atoms with E-state index < -0.39 is 6.03 Å². The van der Waals surface area contributed by atoms with Gasteiger partial charge in [-0.3, -0.25) is 19.8 Å². The topological polar surface area (TPSA) is 86.7 Å². The van der Waals surface area contributed by atoms with Crippen LogP contribution in [0.25, 0.3) is 5.00 Å². The van der Waals surface area contributed by atoms with Crippen molar-refractivity contribution in [1.82, 2.24) is 19.7 Å². The van der Waals surface area contributed by atoms with Crippen molar-refractivity contribution in [2.24, 2.45) is 0 Å². The van der Waals surface area contributed by atoms with Gasteiger partial charge in [0.15, 0.2) is 5.78 Å². The van der Waals surface area contributed by atoms with Crippen LogP contribution in [0.4, 0.5) is 9.80 Å². The Bertz CT molecular complexity index is 1260. The number of fused-ring (bicyclic) bond motifs is 1. The van der Waals surface area contributed by atoms with Crippen molar-refractivity contribution in [3.8, 4) is 5.00 Å². The molecule has 0 saturated heterocycles. The van der Waals surface area contributed by atoms with Crippen molar-refractivity contribution in [2.45, 2.75) is 40.3 Å². The summed E-state index contributed by atoms with van der Waals surface area (Å²) in [5.74, 6) is -0.375. The van der Waals surface area contributed by atoms with Gasteiger partial charge in [0.2, 0.25) is 0 Å². The lowest BCUT2D eigenvalue weighted by molar-refractivity contribution is 0.0831. The van der Waals surface area contributed by atoms with Crippen LogP contribution in [0.2, 0.25) is 0 Å². The molecule has 35 heavy (non-hydrogen) atoms. The summed E-state index contributed by atoms with van der Waals surface area (Å²) in [5, 5.41) is 7.33. The molecule has 0 saturated carbocycles. The highest BCUT2D eigenvalue weighted by Gasteiger charge is 2.26. The molecular weight excluding hydrogens is 482 g/mol. The van der Waals surface area contributed by atoms with Crippen LogP contribution in [0.5, 0.6) is 0 Å². The molecule has 186 valence electrons. The molecule has 0 unspecified atom stereocenters. The molecule has 0 aromatic carbocycles. The normalized spacial score (nSPS) is 13.4. The molecule has 3 amide bonds. The fraction of sp³-hybridized carbons (Fsp3) is 0.400. The Morgan fingerprint density at radius 2 is 1.86 bits per heavy atom. The maximum atomic E-state index is 12.9. The van der Waals surface area contributed by atoms with Crippen molar-refractivity contribution in [2.75, 3.05) is 32.5 Å². The van der Waals surface area contributed by atoms with Gasteiger partial charge in [0, 0.05) is 56.6 Å². The van der Waals surface area contributed by atoms with Crippen molar-refractivity contribution >= 4 is 45.4 Å². The quantitative estimate of drug-likeness (QED) is 0.455. The van der Waals surface area contributed by atoms with E-state index in [0.29, 0.717) is 27.5 Å². The number of nitrogens with one attached hydrogen (secondary N) is 2. The summed E-state index contributed by atoms with van der Waals surface area (Å²) in [4.78, 5) is 43.5. The van der Waals surface area contributed by atoms with Gasteiger partial charge in [-0.25, -0.2) is 4.79 Å². The first-order valence-corrected chi connectivity index (χ1v) is 13.2. The summed E-state index contributed by atoms with van der Waals surface area (Å²) in [6.07, 6.45) is 5.00. The Balaban J connectivity index is 1.56. The maximum absolute atomic E-state index is 12.9. The molecule has 1 aliphatic heterocycles. The third kappa shape index (κ3) is 5.05. The lowest BCUT2D eigenvalue weighted by Gasteiger charge is -2.25. The van der Waals surface area contributed by atoms with Crippen LogP contribution in [-0.2, 0) is 19.5 Å². The molecule has 4 rings (SSSR count). The van der Waals surface area contributed by atoms with E-state index in [4.69, 9.17) is 0 Å². The number of carbonyl (C=O) groups is 3. The number of rotatable bonds is 7. The molecule has 0 fully saturated rings. The molecule has 0 aliphatic carbocycles. The minimum atomic E-state index is -0.401. The standard InChI is InChI=1S/C25H31N5O3S2/c1-6-29-12-9-17-18(24(34-19(17)14-29)30-10-7-8-11-30)13-26-25(33)27-22-20(16(3)31)15(2)21(35-22)23(32)28(4)5/h7-8,10-11H,6,9,12-14H2,1-5H3,(H2,26,27,33). The van der Waals surface area contributed by atoms with Gasteiger partial charge in [-0.1, -0.05) is 6.92 Å². The van der Waals surface area contributed by atoms with E-state index in [1.54, 1.807) is 32.4 Å². The number of nitrogens with zero attached hydrogens (tertiary/aromatic N) is 3. The zero-order chi connectivity index (χ0) is 25.3. The van der Waals surface area contributed by atoms with Crippen molar-refractivity contribution in [1.29, 1.82) is 0 Å². The van der Waals surface area contributed by atoms with Gasteiger partial charge < -0.3 is 14.8 Å². The average Bonchev–Trinajstić information content (AvgIpc) is 3.54. The first-order valence-electron chi connectivity index (χ1n) is 11.6. The summed E-state index contributed by atoms with van der Waals surface area (Å²) in [5.41, 5.74) is 3.43. The Hall–Kier alpha value is -2.95. The second-order valence-electron chi connectivity index (χ2n) is 8.82. The molecule has 3 aromatic rings. The Morgan fingerprint density at radius 1 is 1.14 bits per heavy atom. The molecule has 0 atom stereocenters. The van der Waals surface area contributed by atoms with Crippen LogP contribution >= 0.6 is 22.7 Å². The molecule has 0 radical (unpaired) electrons. The highest BCUT2D eigenvalue weighted by Crippen LogP contribution is 2.36. The number of amides is 3. The van der Waals surface area contributed by atoms with Crippen LogP contribution in [0.3, 0.4) is 0 Å². The van der Waals surface area contributed by atoms with E-state index in [2.05, 4.69) is 27.0 Å². The smallest absolute Gasteiger partial charge is 0.320 e. The molecule has 8 nitrogen and oxygen atoms in total. The summed E-state index contributed by atoms with van der Waals surface area (Å²) in [7, 11) is 3.33. The molecule has 2 N–H and O–H groups in total. The van der Waals surface area contributed by atoms with Gasteiger partial charge in [-0.15, -0.1) is 22.7 Å². The predicted molar refractivity (Wildman–Crippen MR) is 141 cm³/mol. The molecular formula is C25H31N5O3S2. The first kappa shape index (κ1) is 25.2. The third-order valence-electron chi connectivity index (χ3n) is 6.26. The van der Waals surface area contributed by atoms with Crippen molar-refractivity contribution in [3.63, 3.8) is 0 Å². The van der Waals surface area contributed by atoms with Crippen LogP contribution in [0.15, 0.2) is 24.5 Å². The highest BCUT2D eigenvalue weighted by atomic mass is 32.1. The molecule has 3 aromatic heterocycles. The first-order chi connectivity index (χ1) is 16.7. The van der Waals surface area contributed by atoms with Crippen LogP contribution < -0.4 is 10.6 Å². The summed E-state index contributed by atoms with van der Waals surface area (Å²) in [6.45, 7) is 8.69. The van der Waals surface area contributed by atoms with Crippen LogP contribution in [0.1, 0.15) is 55.4 Å². The average molecular weight is 514 g/mol. The zero-order valence-electron chi connectivity index (χ0n) is 20.7. The Labute approximate surface area is 213 Å². The molecule has 1 aliphatic rings. The van der Waals surface area contributed by atoms with E-state index >= 15 is 0 Å². The number of carbonyl (C=O) groups excluding carboxylic acids is 3. The second kappa shape index (κ2) is 10.3. The van der Waals surface area contributed by atoms with E-state index in [-0.39, 0.29) is 11.7 Å². The summed E-state index contributed by atoms with van der Waals surface area (Å²) >= 11 is 2.91. The lowest BCUT2D eigenvalue weighted by atomic mass is 10.0. The number of thiophene rings is 2. The fourth-order valence-electron chi connectivity index (χ4n) is 4.39. The summed E-state index contributed by atoms with van der Waals surface area (Å²) in [6, 6.07) is 3.59. The monoisotopic (exact) mass is 513 g/mol. The lowest BCUT2D eigenvalue weighted by Crippen LogP contribution is -2.31. The number of hydrogen-bond acceptors (Lipinski definition) is 6. The van der Waals surface area contributed by atoms with Gasteiger partial charge in [-0.05, 0) is 50.1 Å². The van der Waals surface area contributed by atoms with E-state index in [1.807, 2.05) is 24.5 Å². The molecule has 0 spiro atoms. The Morgan fingerprint density at radius 3 is 2.49 bits per heavy atom. The van der Waals surface area contributed by atoms with Gasteiger partial charge in [-0.2, -0.15) is 0 Å². The van der Waals surface area contributed by atoms with E-state index in [1.165, 1.54) is 22.3 Å². The number of ketones is 1. The molecule has 0 bridgehead atoms.